The molecule has 2 aliphatic rings. The summed E-state index contributed by atoms with van der Waals surface area (Å²) in [4.78, 5) is 39.8. The van der Waals surface area contributed by atoms with Crippen LogP contribution in [-0.2, 0) is 15.1 Å². The Balaban J connectivity index is 1.58. The fourth-order valence-corrected chi connectivity index (χ4v) is 4.95. The maximum Gasteiger partial charge on any atom is 0.336 e. The van der Waals surface area contributed by atoms with Gasteiger partial charge in [-0.05, 0) is 62.3 Å². The van der Waals surface area contributed by atoms with E-state index in [1.807, 2.05) is 26.8 Å². The van der Waals surface area contributed by atoms with Crippen molar-refractivity contribution >= 4 is 63.2 Å². The molecule has 2 aromatic carbocycles. The number of hydrogen-bond donors (Lipinski definition) is 2. The standard InChI is InChI=1S/C26H20N4O6S/c1-13-12-26(2,3)29-22-17(13)10-16(11-18(22)20(24(29)33)21-23(32)28-25(37)27-21)36-19(31)8-7-14-5-4-6-15(9-14)30(34)35/h4-12,33H,1-3H3,(H,28,32,37). The quantitative estimate of drug-likeness (QED) is 0.129. The maximum atomic E-state index is 12.6. The van der Waals surface area contributed by atoms with Crippen LogP contribution in [0.15, 0.2) is 53.5 Å². The van der Waals surface area contributed by atoms with Crippen LogP contribution in [0.4, 0.5) is 5.69 Å². The Morgan fingerprint density at radius 2 is 2.05 bits per heavy atom. The number of thiocarbonyl (C=S) groups is 1. The molecule has 0 unspecified atom stereocenters. The van der Waals surface area contributed by atoms with Crippen LogP contribution in [0.25, 0.3) is 22.6 Å². The number of carbonyl (C=O) groups is 2. The number of nitrogens with zero attached hydrogens (tertiary/aromatic N) is 3. The highest BCUT2D eigenvalue weighted by Gasteiger charge is 2.37. The average molecular weight is 517 g/mol. The van der Waals surface area contributed by atoms with Crippen LogP contribution in [0.3, 0.4) is 0 Å². The topological polar surface area (TPSA) is 136 Å². The summed E-state index contributed by atoms with van der Waals surface area (Å²) >= 11 is 5.02. The van der Waals surface area contributed by atoms with E-state index in [9.17, 15) is 24.8 Å². The third-order valence-corrected chi connectivity index (χ3v) is 6.37. The van der Waals surface area contributed by atoms with Gasteiger partial charge in [-0.15, -0.1) is 0 Å². The van der Waals surface area contributed by atoms with E-state index in [0.29, 0.717) is 22.0 Å². The van der Waals surface area contributed by atoms with Crippen molar-refractivity contribution in [2.75, 3.05) is 0 Å². The van der Waals surface area contributed by atoms with E-state index in [1.165, 1.54) is 24.3 Å². The Morgan fingerprint density at radius 1 is 1.30 bits per heavy atom. The zero-order valence-electron chi connectivity index (χ0n) is 19.9. The third kappa shape index (κ3) is 4.08. The largest absolute Gasteiger partial charge is 0.494 e. The van der Waals surface area contributed by atoms with Gasteiger partial charge in [0.2, 0.25) is 11.0 Å². The van der Waals surface area contributed by atoms with E-state index in [4.69, 9.17) is 17.0 Å². The second-order valence-electron chi connectivity index (χ2n) is 9.21. The van der Waals surface area contributed by atoms with E-state index in [2.05, 4.69) is 10.3 Å². The SMILES string of the molecule is CC1=CC(C)(C)n2c(O)c(C3=NC(=S)NC3=O)c3cc(OC(=O)C=Cc4cccc([N+](=O)[O-])c4)cc1c32. The average Bonchev–Trinajstić information content (AvgIpc) is 3.30. The summed E-state index contributed by atoms with van der Waals surface area (Å²) in [5, 5.41) is 25.2. The fourth-order valence-electron chi connectivity index (χ4n) is 4.77. The fraction of sp³-hybridized carbons (Fsp3) is 0.154. The molecule has 3 aromatic rings. The minimum Gasteiger partial charge on any atom is -0.494 e. The summed E-state index contributed by atoms with van der Waals surface area (Å²) in [6, 6.07) is 9.08. The van der Waals surface area contributed by atoms with Gasteiger partial charge in [0.05, 0.1) is 21.5 Å². The van der Waals surface area contributed by atoms with Gasteiger partial charge in [-0.3, -0.25) is 20.2 Å². The van der Waals surface area contributed by atoms with Crippen LogP contribution < -0.4 is 10.1 Å². The molecule has 1 aromatic heterocycles. The Morgan fingerprint density at radius 3 is 2.73 bits per heavy atom. The lowest BCUT2D eigenvalue weighted by Crippen LogP contribution is -2.27. The van der Waals surface area contributed by atoms with Gasteiger partial charge in [0, 0.05) is 29.2 Å². The summed E-state index contributed by atoms with van der Waals surface area (Å²) < 4.78 is 7.27. The molecule has 0 fully saturated rings. The Kier molecular flexibility index (Phi) is 5.52. The molecule has 3 heterocycles. The smallest absolute Gasteiger partial charge is 0.336 e. The van der Waals surface area contributed by atoms with E-state index in [-0.39, 0.29) is 33.7 Å². The minimum absolute atomic E-state index is 0.00201. The number of aliphatic imine (C=N–C) groups is 1. The number of allylic oxidation sites excluding steroid dienone is 2. The molecule has 186 valence electrons. The van der Waals surface area contributed by atoms with Gasteiger partial charge in [-0.1, -0.05) is 18.2 Å². The van der Waals surface area contributed by atoms with Crippen molar-refractivity contribution in [3.63, 3.8) is 0 Å². The highest BCUT2D eigenvalue weighted by atomic mass is 32.1. The summed E-state index contributed by atoms with van der Waals surface area (Å²) in [6.45, 7) is 5.76. The first-order valence-corrected chi connectivity index (χ1v) is 11.6. The van der Waals surface area contributed by atoms with Crippen molar-refractivity contribution in [3.05, 3.63) is 75.4 Å². The van der Waals surface area contributed by atoms with Gasteiger partial charge in [-0.25, -0.2) is 9.79 Å². The molecule has 0 atom stereocenters. The monoisotopic (exact) mass is 516 g/mol. The van der Waals surface area contributed by atoms with E-state index < -0.39 is 22.3 Å². The van der Waals surface area contributed by atoms with Gasteiger partial charge >= 0.3 is 5.97 Å². The normalized spacial score (nSPS) is 16.1. The molecule has 0 aliphatic carbocycles. The first-order valence-electron chi connectivity index (χ1n) is 11.2. The van der Waals surface area contributed by atoms with Gasteiger partial charge in [-0.2, -0.15) is 0 Å². The molecule has 0 saturated heterocycles. The third-order valence-electron chi connectivity index (χ3n) is 6.18. The van der Waals surface area contributed by atoms with Gasteiger partial charge < -0.3 is 14.4 Å². The first-order chi connectivity index (χ1) is 17.5. The van der Waals surface area contributed by atoms with Gasteiger partial charge in [0.1, 0.15) is 11.5 Å². The zero-order chi connectivity index (χ0) is 26.6. The van der Waals surface area contributed by atoms with Crippen LogP contribution >= 0.6 is 12.2 Å². The molecule has 11 heteroatoms. The van der Waals surface area contributed by atoms with Crippen molar-refractivity contribution in [2.24, 2.45) is 4.99 Å². The number of non-ortho nitro benzene ring substituents is 1. The van der Waals surface area contributed by atoms with Crippen LogP contribution in [-0.4, -0.2) is 37.3 Å². The van der Waals surface area contributed by atoms with Crippen LogP contribution in [0.1, 0.15) is 37.5 Å². The lowest BCUT2D eigenvalue weighted by Gasteiger charge is -2.31. The predicted molar refractivity (Wildman–Crippen MR) is 142 cm³/mol. The summed E-state index contributed by atoms with van der Waals surface area (Å²) in [6.07, 6.45) is 4.54. The lowest BCUT2D eigenvalue weighted by atomic mass is 9.91. The number of nitro groups is 1. The minimum atomic E-state index is -0.710. The van der Waals surface area contributed by atoms with Crippen LogP contribution in [0.5, 0.6) is 11.6 Å². The second kappa shape index (κ2) is 8.49. The summed E-state index contributed by atoms with van der Waals surface area (Å²) in [5.41, 5.74) is 2.18. The highest BCUT2D eigenvalue weighted by Crippen LogP contribution is 2.46. The van der Waals surface area contributed by atoms with E-state index in [0.717, 1.165) is 11.6 Å². The molecule has 2 aliphatic heterocycles. The molecule has 2 N–H and O–H groups in total. The summed E-state index contributed by atoms with van der Waals surface area (Å²) in [5.74, 6) is -1.22. The number of nitrogens with one attached hydrogen (secondary N) is 1. The van der Waals surface area contributed by atoms with Crippen molar-refractivity contribution in [1.29, 1.82) is 0 Å². The molecule has 0 bridgehead atoms. The van der Waals surface area contributed by atoms with E-state index in [1.54, 1.807) is 22.8 Å². The number of hydrogen-bond acceptors (Lipinski definition) is 7. The Bertz CT molecular complexity index is 1660. The van der Waals surface area contributed by atoms with Crippen molar-refractivity contribution in [2.45, 2.75) is 26.3 Å². The number of benzene rings is 2. The Labute approximate surface area is 215 Å². The second-order valence-corrected chi connectivity index (χ2v) is 9.59. The Hall–Kier alpha value is -4.64. The number of nitro benzene ring substituents is 1. The maximum absolute atomic E-state index is 12.6. The zero-order valence-corrected chi connectivity index (χ0v) is 20.8. The number of aromatic hydroxyl groups is 1. The molecular formula is C26H20N4O6S. The number of carbonyl (C=O) groups excluding carboxylic acids is 2. The van der Waals surface area contributed by atoms with Gasteiger partial charge in [0.15, 0.2) is 0 Å². The first kappa shape index (κ1) is 24.1. The highest BCUT2D eigenvalue weighted by molar-refractivity contribution is 7.80. The lowest BCUT2D eigenvalue weighted by molar-refractivity contribution is -0.384. The number of rotatable bonds is 5. The van der Waals surface area contributed by atoms with Crippen molar-refractivity contribution in [1.82, 2.24) is 9.88 Å². The van der Waals surface area contributed by atoms with Crippen molar-refractivity contribution in [3.8, 4) is 11.6 Å². The van der Waals surface area contributed by atoms with Crippen LogP contribution in [0, 0.1) is 10.1 Å². The number of amides is 1. The molecule has 37 heavy (non-hydrogen) atoms. The summed E-state index contributed by atoms with van der Waals surface area (Å²) in [7, 11) is 0. The molecule has 0 spiro atoms. The number of aromatic nitrogens is 1. The molecule has 5 rings (SSSR count). The molecule has 0 saturated carbocycles. The van der Waals surface area contributed by atoms with Gasteiger partial charge in [0.25, 0.3) is 11.6 Å². The predicted octanol–water partition coefficient (Wildman–Crippen LogP) is 4.23. The van der Waals surface area contributed by atoms with Crippen LogP contribution in [0.2, 0.25) is 0 Å². The number of esters is 1. The van der Waals surface area contributed by atoms with Crippen molar-refractivity contribution < 1.29 is 24.4 Å². The molecule has 1 amide bonds. The van der Waals surface area contributed by atoms with E-state index >= 15 is 0 Å². The molecule has 10 nitrogen and oxygen atoms in total. The number of ether oxygens (including phenoxy) is 1. The molecule has 0 radical (unpaired) electrons. The molecular weight excluding hydrogens is 496 g/mol.